The van der Waals surface area contributed by atoms with Gasteiger partial charge in [0.1, 0.15) is 0 Å². The van der Waals surface area contributed by atoms with Crippen molar-refractivity contribution >= 4 is 34.9 Å². The number of halogens is 2. The molecule has 0 radical (unpaired) electrons. The molecule has 1 aliphatic rings. The molecule has 0 atom stereocenters. The van der Waals surface area contributed by atoms with Crippen LogP contribution >= 0.6 is 23.2 Å². The fourth-order valence-electron chi connectivity index (χ4n) is 2.59. The van der Waals surface area contributed by atoms with Gasteiger partial charge in [-0.2, -0.15) is 0 Å². The number of carbonyl (C=O) groups excluding carboxylic acids is 2. The van der Waals surface area contributed by atoms with Gasteiger partial charge in [0.25, 0.3) is 0 Å². The SMILES string of the molecule is O=C(CCC(=O)c1ccc2c(c1)OCO2)NCCc1ccc(Cl)cc1Cl. The van der Waals surface area contributed by atoms with Gasteiger partial charge in [-0.25, -0.2) is 0 Å². The second kappa shape index (κ2) is 8.43. The third-order valence-electron chi connectivity index (χ3n) is 4.01. The second-order valence-electron chi connectivity index (χ2n) is 5.83. The third-order valence-corrected chi connectivity index (χ3v) is 4.59. The molecule has 1 N–H and O–H groups in total. The number of rotatable bonds is 7. The van der Waals surface area contributed by atoms with Gasteiger partial charge < -0.3 is 14.8 Å². The van der Waals surface area contributed by atoms with Crippen molar-refractivity contribution in [2.45, 2.75) is 19.3 Å². The lowest BCUT2D eigenvalue weighted by atomic mass is 10.1. The zero-order chi connectivity index (χ0) is 18.5. The molecular formula is C19H17Cl2NO4. The van der Waals surface area contributed by atoms with Gasteiger partial charge in [0.2, 0.25) is 12.7 Å². The van der Waals surface area contributed by atoms with Crippen LogP contribution < -0.4 is 14.8 Å². The predicted molar refractivity (Wildman–Crippen MR) is 99.3 cm³/mol. The number of Topliss-reactive ketones (excluding diaryl/α,β-unsaturated/α-hetero) is 1. The van der Waals surface area contributed by atoms with E-state index in [4.69, 9.17) is 32.7 Å². The van der Waals surface area contributed by atoms with E-state index in [2.05, 4.69) is 5.32 Å². The van der Waals surface area contributed by atoms with E-state index in [9.17, 15) is 9.59 Å². The Hall–Kier alpha value is -2.24. The molecule has 1 heterocycles. The van der Waals surface area contributed by atoms with Crippen molar-refractivity contribution in [2.75, 3.05) is 13.3 Å². The first-order valence-corrected chi connectivity index (χ1v) is 8.92. The maximum Gasteiger partial charge on any atom is 0.231 e. The van der Waals surface area contributed by atoms with E-state index in [1.165, 1.54) is 0 Å². The van der Waals surface area contributed by atoms with Crippen LogP contribution in [0.15, 0.2) is 36.4 Å². The van der Waals surface area contributed by atoms with Crippen LogP contribution in [0.5, 0.6) is 11.5 Å². The van der Waals surface area contributed by atoms with Gasteiger partial charge in [0.15, 0.2) is 17.3 Å². The van der Waals surface area contributed by atoms with Crippen molar-refractivity contribution in [3.05, 3.63) is 57.6 Å². The van der Waals surface area contributed by atoms with Crippen LogP contribution in [0.1, 0.15) is 28.8 Å². The summed E-state index contributed by atoms with van der Waals surface area (Å²) in [7, 11) is 0. The summed E-state index contributed by atoms with van der Waals surface area (Å²) in [4.78, 5) is 24.1. The molecule has 0 saturated heterocycles. The Bertz CT molecular complexity index is 838. The summed E-state index contributed by atoms with van der Waals surface area (Å²) in [5.74, 6) is 0.892. The number of ether oxygens (including phenoxy) is 2. The Balaban J connectivity index is 1.43. The first-order valence-electron chi connectivity index (χ1n) is 8.16. The first kappa shape index (κ1) is 18.5. The van der Waals surface area contributed by atoms with Gasteiger partial charge in [-0.15, -0.1) is 0 Å². The lowest BCUT2D eigenvalue weighted by Gasteiger charge is -2.07. The smallest absolute Gasteiger partial charge is 0.231 e. The number of benzene rings is 2. The molecule has 0 aliphatic carbocycles. The first-order chi connectivity index (χ1) is 12.5. The molecule has 0 saturated carbocycles. The highest BCUT2D eigenvalue weighted by Gasteiger charge is 2.16. The number of carbonyl (C=O) groups is 2. The quantitative estimate of drug-likeness (QED) is 0.720. The van der Waals surface area contributed by atoms with Crippen LogP contribution in [0, 0.1) is 0 Å². The minimum absolute atomic E-state index is 0.112. The summed E-state index contributed by atoms with van der Waals surface area (Å²) >= 11 is 11.9. The average Bonchev–Trinajstić information content (AvgIpc) is 3.09. The van der Waals surface area contributed by atoms with Gasteiger partial charge in [0.05, 0.1) is 0 Å². The lowest BCUT2D eigenvalue weighted by molar-refractivity contribution is -0.121. The molecule has 2 aromatic rings. The highest BCUT2D eigenvalue weighted by atomic mass is 35.5. The van der Waals surface area contributed by atoms with Gasteiger partial charge in [0, 0.05) is 35.0 Å². The largest absolute Gasteiger partial charge is 0.454 e. The zero-order valence-corrected chi connectivity index (χ0v) is 15.4. The molecule has 1 amide bonds. The molecule has 0 unspecified atom stereocenters. The molecule has 2 aromatic carbocycles. The molecule has 26 heavy (non-hydrogen) atoms. The van der Waals surface area contributed by atoms with Crippen LogP contribution in [0.4, 0.5) is 0 Å². The molecule has 5 nitrogen and oxygen atoms in total. The second-order valence-corrected chi connectivity index (χ2v) is 6.67. The highest BCUT2D eigenvalue weighted by molar-refractivity contribution is 6.35. The lowest BCUT2D eigenvalue weighted by Crippen LogP contribution is -2.26. The minimum atomic E-state index is -0.177. The van der Waals surface area contributed by atoms with Gasteiger partial charge in [-0.3, -0.25) is 9.59 Å². The minimum Gasteiger partial charge on any atom is -0.454 e. The summed E-state index contributed by atoms with van der Waals surface area (Å²) in [6, 6.07) is 10.3. The number of fused-ring (bicyclic) bond motifs is 1. The van der Waals surface area contributed by atoms with Crippen molar-refractivity contribution < 1.29 is 19.1 Å². The van der Waals surface area contributed by atoms with Crippen LogP contribution in [-0.2, 0) is 11.2 Å². The maximum absolute atomic E-state index is 12.2. The van der Waals surface area contributed by atoms with E-state index in [1.54, 1.807) is 30.3 Å². The van der Waals surface area contributed by atoms with E-state index in [1.807, 2.05) is 6.07 Å². The van der Waals surface area contributed by atoms with E-state index >= 15 is 0 Å². The summed E-state index contributed by atoms with van der Waals surface area (Å²) in [6.07, 6.45) is 0.854. The molecule has 0 aromatic heterocycles. The molecule has 136 valence electrons. The standard InChI is InChI=1S/C19H17Cl2NO4/c20-14-3-1-12(15(21)10-14)7-8-22-19(24)6-4-16(23)13-2-5-17-18(9-13)26-11-25-17/h1-3,5,9-10H,4,6-8,11H2,(H,22,24). The summed E-state index contributed by atoms with van der Waals surface area (Å²) < 4.78 is 10.5. The van der Waals surface area contributed by atoms with E-state index in [0.717, 1.165) is 5.56 Å². The summed E-state index contributed by atoms with van der Waals surface area (Å²) in [5.41, 5.74) is 1.42. The van der Waals surface area contributed by atoms with Crippen molar-refractivity contribution in [3.8, 4) is 11.5 Å². The molecule has 0 spiro atoms. The molecule has 1 aliphatic heterocycles. The Labute approximate surface area is 161 Å². The van der Waals surface area contributed by atoms with E-state index in [-0.39, 0.29) is 31.3 Å². The van der Waals surface area contributed by atoms with E-state index in [0.29, 0.717) is 40.1 Å². The Kier molecular flexibility index (Phi) is 6.01. The average molecular weight is 394 g/mol. The fraction of sp³-hybridized carbons (Fsp3) is 0.263. The van der Waals surface area contributed by atoms with Crippen LogP contribution in [-0.4, -0.2) is 25.0 Å². The molecule has 3 rings (SSSR count). The van der Waals surface area contributed by atoms with E-state index < -0.39 is 0 Å². The Morgan fingerprint density at radius 1 is 1.00 bits per heavy atom. The van der Waals surface area contributed by atoms with Crippen molar-refractivity contribution in [1.29, 1.82) is 0 Å². The van der Waals surface area contributed by atoms with Gasteiger partial charge >= 0.3 is 0 Å². The van der Waals surface area contributed by atoms with Crippen molar-refractivity contribution in [3.63, 3.8) is 0 Å². The number of hydrogen-bond acceptors (Lipinski definition) is 4. The number of ketones is 1. The maximum atomic E-state index is 12.2. The number of nitrogens with one attached hydrogen (secondary N) is 1. The number of amides is 1. The molecular weight excluding hydrogens is 377 g/mol. The zero-order valence-electron chi connectivity index (χ0n) is 13.9. The highest BCUT2D eigenvalue weighted by Crippen LogP contribution is 2.32. The Morgan fingerprint density at radius 2 is 1.81 bits per heavy atom. The van der Waals surface area contributed by atoms with Gasteiger partial charge in [-0.05, 0) is 42.3 Å². The van der Waals surface area contributed by atoms with Crippen LogP contribution in [0.2, 0.25) is 10.0 Å². The summed E-state index contributed by atoms with van der Waals surface area (Å²) in [6.45, 7) is 0.603. The normalized spacial score (nSPS) is 12.1. The van der Waals surface area contributed by atoms with Crippen LogP contribution in [0.3, 0.4) is 0 Å². The number of hydrogen-bond donors (Lipinski definition) is 1. The molecule has 0 fully saturated rings. The molecule has 0 bridgehead atoms. The fourth-order valence-corrected chi connectivity index (χ4v) is 3.09. The third kappa shape index (κ3) is 4.68. The molecule has 7 heteroatoms. The van der Waals surface area contributed by atoms with Crippen LogP contribution in [0.25, 0.3) is 0 Å². The topological polar surface area (TPSA) is 64.6 Å². The van der Waals surface area contributed by atoms with Crippen molar-refractivity contribution in [1.82, 2.24) is 5.32 Å². The predicted octanol–water partition coefficient (Wildman–Crippen LogP) is 4.04. The van der Waals surface area contributed by atoms with Crippen molar-refractivity contribution in [2.24, 2.45) is 0 Å². The monoisotopic (exact) mass is 393 g/mol. The summed E-state index contributed by atoms with van der Waals surface area (Å²) in [5, 5.41) is 3.94. The van der Waals surface area contributed by atoms with Gasteiger partial charge in [-0.1, -0.05) is 29.3 Å². The Morgan fingerprint density at radius 3 is 2.62 bits per heavy atom.